The summed E-state index contributed by atoms with van der Waals surface area (Å²) in [6, 6.07) is 12.8. The number of hydrogen-bond acceptors (Lipinski definition) is 6. The summed E-state index contributed by atoms with van der Waals surface area (Å²) in [5.74, 6) is 0. The fourth-order valence-corrected chi connectivity index (χ4v) is 5.97. The number of thiophene rings is 1. The number of fused-ring (bicyclic) bond motifs is 1. The minimum absolute atomic E-state index is 0.196. The Kier molecular flexibility index (Phi) is 7.64. The Morgan fingerprint density at radius 1 is 1.03 bits per heavy atom. The zero-order chi connectivity index (χ0) is 27.2. The number of halogens is 4. The molecule has 0 saturated heterocycles. The van der Waals surface area contributed by atoms with Crippen LogP contribution in [-0.4, -0.2) is 30.6 Å². The molecule has 0 aliphatic carbocycles. The molecule has 0 saturated carbocycles. The average Bonchev–Trinajstić information content (AvgIpc) is 3.26. The molecule has 0 aliphatic rings. The van der Waals surface area contributed by atoms with Crippen molar-refractivity contribution in [1.82, 2.24) is 14.7 Å². The molecule has 0 bridgehead atoms. The topological polar surface area (TPSA) is 81.1 Å². The summed E-state index contributed by atoms with van der Waals surface area (Å²) in [7, 11) is 0. The maximum atomic E-state index is 13.5. The van der Waals surface area contributed by atoms with E-state index >= 15 is 0 Å². The molecule has 0 spiro atoms. The van der Waals surface area contributed by atoms with Gasteiger partial charge in [-0.15, -0.1) is 16.1 Å². The zero-order valence-electron chi connectivity index (χ0n) is 20.4. The molecule has 11 heteroatoms. The number of nitrogens with zero attached hydrogens (tertiary/aromatic N) is 2. The molecule has 2 N–H and O–H groups in total. The quantitative estimate of drug-likeness (QED) is 0.247. The molecule has 3 heterocycles. The molecule has 1 aromatic carbocycles. The molecule has 0 fully saturated rings. The van der Waals surface area contributed by atoms with E-state index in [1.165, 1.54) is 23.6 Å². The third-order valence-corrected chi connectivity index (χ3v) is 8.98. The van der Waals surface area contributed by atoms with E-state index in [0.717, 1.165) is 21.9 Å². The second-order valence-electron chi connectivity index (χ2n) is 9.68. The van der Waals surface area contributed by atoms with Gasteiger partial charge in [0.25, 0.3) is 0 Å². The Bertz CT molecular complexity index is 1420. The first-order chi connectivity index (χ1) is 17.2. The number of hydrogen-bond donors (Lipinski definition) is 2. The Hall–Kier alpha value is -2.21. The minimum atomic E-state index is -4.86. The highest BCUT2D eigenvalue weighted by Crippen LogP contribution is 2.42. The van der Waals surface area contributed by atoms with Crippen LogP contribution in [0.1, 0.15) is 49.7 Å². The van der Waals surface area contributed by atoms with Gasteiger partial charge in [-0.25, -0.2) is 0 Å². The number of benzene rings is 1. The lowest BCUT2D eigenvalue weighted by Crippen LogP contribution is -2.41. The van der Waals surface area contributed by atoms with Crippen LogP contribution < -0.4 is 4.72 Å². The number of pyridine rings is 2. The fourth-order valence-electron chi connectivity index (χ4n) is 3.60. The predicted octanol–water partition coefficient (Wildman–Crippen LogP) is 6.92. The number of nitrogens with one attached hydrogen (secondary N) is 1. The van der Waals surface area contributed by atoms with Gasteiger partial charge in [-0.2, -0.15) is 13.2 Å². The summed E-state index contributed by atoms with van der Waals surface area (Å²) in [6.07, 6.45) is -2.09. The Morgan fingerprint density at radius 2 is 1.70 bits per heavy atom. The van der Waals surface area contributed by atoms with Crippen molar-refractivity contribution in [2.45, 2.75) is 50.3 Å². The highest BCUT2D eigenvalue weighted by Gasteiger charge is 2.51. The highest BCUT2D eigenvalue weighted by atomic mass is 35.5. The number of alkyl halides is 3. The summed E-state index contributed by atoms with van der Waals surface area (Å²) in [5, 5.41) is 11.5. The molecule has 3 atom stereocenters. The molecule has 1 unspecified atom stereocenters. The zero-order valence-corrected chi connectivity index (χ0v) is 22.8. The van der Waals surface area contributed by atoms with Gasteiger partial charge in [-0.3, -0.25) is 9.97 Å². The average molecular weight is 568 g/mol. The number of aromatic nitrogens is 2. The van der Waals surface area contributed by atoms with Crippen LogP contribution in [0.2, 0.25) is 5.02 Å². The van der Waals surface area contributed by atoms with Crippen molar-refractivity contribution in [2.75, 3.05) is 0 Å². The summed E-state index contributed by atoms with van der Waals surface area (Å²) in [5.41, 5.74) is -2.07. The Balaban J connectivity index is 1.84. The first-order valence-corrected chi connectivity index (χ1v) is 13.6. The molecule has 0 amide bonds. The van der Waals surface area contributed by atoms with E-state index in [-0.39, 0.29) is 11.3 Å². The van der Waals surface area contributed by atoms with Crippen LogP contribution in [0.4, 0.5) is 13.2 Å². The van der Waals surface area contributed by atoms with Crippen LogP contribution in [0.3, 0.4) is 0 Å². The maximum Gasteiger partial charge on any atom is 0.421 e. The molecule has 0 radical (unpaired) electrons. The number of aliphatic hydroxyl groups is 1. The first kappa shape index (κ1) is 27.8. The van der Waals surface area contributed by atoms with Gasteiger partial charge in [-0.05, 0) is 74.5 Å². The van der Waals surface area contributed by atoms with Gasteiger partial charge in [0.05, 0.1) is 10.4 Å². The molecule has 3 aromatic heterocycles. The van der Waals surface area contributed by atoms with Crippen LogP contribution >= 0.6 is 22.9 Å². The van der Waals surface area contributed by atoms with Gasteiger partial charge in [0.1, 0.15) is 16.5 Å². The molecular weight excluding hydrogens is 543 g/mol. The summed E-state index contributed by atoms with van der Waals surface area (Å²) in [4.78, 5) is 9.45. The fraction of sp³-hybridized carbons (Fsp3) is 0.308. The Labute approximate surface area is 225 Å². The van der Waals surface area contributed by atoms with Crippen molar-refractivity contribution < 1.29 is 22.8 Å². The summed E-state index contributed by atoms with van der Waals surface area (Å²) < 4.78 is 56.8. The third kappa shape index (κ3) is 5.64. The van der Waals surface area contributed by atoms with E-state index < -0.39 is 33.9 Å². The largest absolute Gasteiger partial charge is 0.598 e. The molecule has 37 heavy (non-hydrogen) atoms. The normalized spacial score (nSPS) is 15.9. The van der Waals surface area contributed by atoms with E-state index in [1.54, 1.807) is 18.3 Å². The smallest absolute Gasteiger partial charge is 0.421 e. The van der Waals surface area contributed by atoms with Crippen LogP contribution in [0, 0.1) is 0 Å². The number of rotatable bonds is 6. The second kappa shape index (κ2) is 10.2. The lowest BCUT2D eigenvalue weighted by molar-refractivity contribution is -0.258. The van der Waals surface area contributed by atoms with Crippen LogP contribution in [0.5, 0.6) is 0 Å². The van der Waals surface area contributed by atoms with E-state index in [4.69, 9.17) is 11.6 Å². The monoisotopic (exact) mass is 567 g/mol. The van der Waals surface area contributed by atoms with Crippen LogP contribution in [0.15, 0.2) is 60.9 Å². The van der Waals surface area contributed by atoms with Crippen molar-refractivity contribution in [3.05, 3.63) is 82.0 Å². The first-order valence-electron chi connectivity index (χ1n) is 11.3. The van der Waals surface area contributed by atoms with Gasteiger partial charge in [-0.1, -0.05) is 29.8 Å². The van der Waals surface area contributed by atoms with E-state index in [9.17, 15) is 22.8 Å². The lowest BCUT2D eigenvalue weighted by Gasteiger charge is -2.28. The SMILES string of the molecule is CC(C)(C)[S@+]([O-])N[C@@H](c1cc2ccnc(-c3cc(C(C)(O)C(F)(F)F)ccn3)c2s1)c1ccccc1Cl. The predicted molar refractivity (Wildman–Crippen MR) is 143 cm³/mol. The van der Waals surface area contributed by atoms with Gasteiger partial charge >= 0.3 is 6.18 Å². The van der Waals surface area contributed by atoms with Crippen molar-refractivity contribution in [3.63, 3.8) is 0 Å². The van der Waals surface area contributed by atoms with E-state index in [1.807, 2.05) is 45.0 Å². The molecule has 0 aliphatic heterocycles. The molecular formula is C26H25ClF3N3O2S2. The maximum absolute atomic E-state index is 13.5. The van der Waals surface area contributed by atoms with E-state index in [0.29, 0.717) is 22.3 Å². The van der Waals surface area contributed by atoms with Crippen molar-refractivity contribution in [2.24, 2.45) is 0 Å². The molecule has 4 aromatic rings. The second-order valence-corrected chi connectivity index (χ2v) is 13.2. The highest BCUT2D eigenvalue weighted by molar-refractivity contribution is 7.90. The van der Waals surface area contributed by atoms with Crippen molar-refractivity contribution >= 4 is 44.4 Å². The van der Waals surface area contributed by atoms with Crippen LogP contribution in [0.25, 0.3) is 21.5 Å². The molecule has 4 rings (SSSR count). The van der Waals surface area contributed by atoms with Crippen molar-refractivity contribution in [3.8, 4) is 11.4 Å². The van der Waals surface area contributed by atoms with Crippen molar-refractivity contribution in [1.29, 1.82) is 0 Å². The van der Waals surface area contributed by atoms with Gasteiger partial charge in [0.2, 0.25) is 0 Å². The lowest BCUT2D eigenvalue weighted by atomic mass is 9.95. The minimum Gasteiger partial charge on any atom is -0.598 e. The van der Waals surface area contributed by atoms with Crippen LogP contribution in [-0.2, 0) is 17.0 Å². The molecule has 5 nitrogen and oxygen atoms in total. The summed E-state index contributed by atoms with van der Waals surface area (Å²) >= 11 is 6.45. The van der Waals surface area contributed by atoms with Gasteiger partial charge in [0.15, 0.2) is 5.60 Å². The summed E-state index contributed by atoms with van der Waals surface area (Å²) in [6.45, 7) is 6.29. The third-order valence-electron chi connectivity index (χ3n) is 5.85. The van der Waals surface area contributed by atoms with Gasteiger partial charge in [0, 0.05) is 33.7 Å². The Morgan fingerprint density at radius 3 is 2.35 bits per heavy atom. The van der Waals surface area contributed by atoms with E-state index in [2.05, 4.69) is 14.7 Å². The standard InChI is InChI=1S/C26H25ClF3N3O2S2/c1-24(2,3)37(35)33-21(17-7-5-6-8-18(17)27)20-13-15-9-11-32-22(23(15)36-20)19-14-16(10-12-31-19)25(4,34)26(28,29)30/h5-14,21,33-34H,1-4H3/t21-,25?,37+/m1/s1. The van der Waals surface area contributed by atoms with Gasteiger partial charge < -0.3 is 9.66 Å². The molecule has 196 valence electrons.